The Hall–Kier alpha value is -2.67. The number of aromatic nitrogens is 2. The van der Waals surface area contributed by atoms with Crippen LogP contribution in [0, 0.1) is 0 Å². The summed E-state index contributed by atoms with van der Waals surface area (Å²) in [5, 5.41) is 4.39. The van der Waals surface area contributed by atoms with Gasteiger partial charge in [0.05, 0.1) is 18.9 Å². The van der Waals surface area contributed by atoms with Gasteiger partial charge in [0.2, 0.25) is 5.69 Å². The summed E-state index contributed by atoms with van der Waals surface area (Å²) in [7, 11) is 1.15. The van der Waals surface area contributed by atoms with Crippen LogP contribution in [0.5, 0.6) is 5.75 Å². The minimum Gasteiger partial charge on any atom is -0.464 e. The Bertz CT molecular complexity index is 783. The zero-order valence-corrected chi connectivity index (χ0v) is 12.5. The van der Waals surface area contributed by atoms with Crippen LogP contribution in [-0.4, -0.2) is 28.8 Å². The summed E-state index contributed by atoms with van der Waals surface area (Å²) in [6.45, 7) is 1.14. The predicted octanol–water partition coefficient (Wildman–Crippen LogP) is 1.60. The van der Waals surface area contributed by atoms with Gasteiger partial charge >= 0.3 is 11.9 Å². The molecule has 0 atom stereocenters. The minimum absolute atomic E-state index is 0.255. The first kappa shape index (κ1) is 15.7. The Morgan fingerprint density at radius 2 is 1.86 bits per heavy atom. The van der Waals surface area contributed by atoms with Crippen LogP contribution in [0.25, 0.3) is 5.69 Å². The first-order valence-electron chi connectivity index (χ1n) is 6.09. The van der Waals surface area contributed by atoms with E-state index in [1.807, 2.05) is 0 Å². The third-order valence-electron chi connectivity index (χ3n) is 2.60. The van der Waals surface area contributed by atoms with Crippen molar-refractivity contribution in [2.75, 3.05) is 7.11 Å². The quantitative estimate of drug-likeness (QED) is 0.798. The average Bonchev–Trinajstić information content (AvgIpc) is 2.47. The molecular weight excluding hydrogens is 312 g/mol. The van der Waals surface area contributed by atoms with E-state index in [4.69, 9.17) is 16.3 Å². The SMILES string of the molecule is COC(=O)c1nn(-c2ccc(Cl)cc2)c(=O)cc1OC(C)=O. The van der Waals surface area contributed by atoms with Gasteiger partial charge in [-0.2, -0.15) is 9.78 Å². The summed E-state index contributed by atoms with van der Waals surface area (Å²) < 4.78 is 10.4. The lowest BCUT2D eigenvalue weighted by Crippen LogP contribution is -2.25. The number of halogens is 1. The lowest BCUT2D eigenvalue weighted by Gasteiger charge is -2.10. The van der Waals surface area contributed by atoms with E-state index in [9.17, 15) is 14.4 Å². The highest BCUT2D eigenvalue weighted by molar-refractivity contribution is 6.30. The van der Waals surface area contributed by atoms with E-state index >= 15 is 0 Å². The molecule has 0 fully saturated rings. The van der Waals surface area contributed by atoms with Crippen LogP contribution in [0.2, 0.25) is 5.02 Å². The number of methoxy groups -OCH3 is 1. The van der Waals surface area contributed by atoms with Crippen LogP contribution >= 0.6 is 11.6 Å². The fourth-order valence-electron chi connectivity index (χ4n) is 1.68. The monoisotopic (exact) mass is 322 g/mol. The van der Waals surface area contributed by atoms with Crippen molar-refractivity contribution in [2.45, 2.75) is 6.92 Å². The highest BCUT2D eigenvalue weighted by Gasteiger charge is 2.20. The third kappa shape index (κ3) is 3.32. The van der Waals surface area contributed by atoms with Crippen molar-refractivity contribution >= 4 is 23.5 Å². The normalized spacial score (nSPS) is 10.1. The Kier molecular flexibility index (Phi) is 4.57. The van der Waals surface area contributed by atoms with E-state index < -0.39 is 17.5 Å². The van der Waals surface area contributed by atoms with Crippen molar-refractivity contribution in [3.05, 3.63) is 51.4 Å². The summed E-state index contributed by atoms with van der Waals surface area (Å²) >= 11 is 5.79. The maximum absolute atomic E-state index is 12.1. The van der Waals surface area contributed by atoms with Crippen molar-refractivity contribution in [3.8, 4) is 11.4 Å². The molecule has 7 nitrogen and oxygen atoms in total. The lowest BCUT2D eigenvalue weighted by atomic mass is 10.3. The van der Waals surface area contributed by atoms with Gasteiger partial charge < -0.3 is 9.47 Å². The van der Waals surface area contributed by atoms with Crippen molar-refractivity contribution in [1.29, 1.82) is 0 Å². The Labute approximate surface area is 130 Å². The second kappa shape index (κ2) is 6.40. The highest BCUT2D eigenvalue weighted by Crippen LogP contribution is 2.17. The number of hydrogen-bond acceptors (Lipinski definition) is 6. The number of carbonyl (C=O) groups is 2. The molecule has 2 rings (SSSR count). The van der Waals surface area contributed by atoms with Gasteiger partial charge in [-0.15, -0.1) is 0 Å². The molecule has 0 unspecified atom stereocenters. The molecule has 1 aromatic heterocycles. The standard InChI is InChI=1S/C14H11ClN2O5/c1-8(18)22-11-7-12(19)17(16-13(11)14(20)21-2)10-5-3-9(15)4-6-10/h3-7H,1-2H3. The molecule has 0 saturated carbocycles. The van der Waals surface area contributed by atoms with Gasteiger partial charge in [-0.1, -0.05) is 11.6 Å². The summed E-state index contributed by atoms with van der Waals surface area (Å²) in [6.07, 6.45) is 0. The topological polar surface area (TPSA) is 87.5 Å². The maximum Gasteiger partial charge on any atom is 0.362 e. The summed E-state index contributed by atoms with van der Waals surface area (Å²) in [5.74, 6) is -1.77. The van der Waals surface area contributed by atoms with E-state index in [-0.39, 0.29) is 11.4 Å². The van der Waals surface area contributed by atoms with Gasteiger partial charge in [-0.05, 0) is 24.3 Å². The molecule has 0 aliphatic heterocycles. The van der Waals surface area contributed by atoms with E-state index in [2.05, 4.69) is 9.84 Å². The van der Waals surface area contributed by atoms with Crippen LogP contribution in [-0.2, 0) is 9.53 Å². The third-order valence-corrected chi connectivity index (χ3v) is 2.85. The molecule has 8 heteroatoms. The van der Waals surface area contributed by atoms with Crippen molar-refractivity contribution < 1.29 is 19.1 Å². The first-order chi connectivity index (χ1) is 10.4. The molecule has 0 radical (unpaired) electrons. The van der Waals surface area contributed by atoms with Gasteiger partial charge in [0.1, 0.15) is 0 Å². The van der Waals surface area contributed by atoms with E-state index in [0.717, 1.165) is 24.8 Å². The van der Waals surface area contributed by atoms with Gasteiger partial charge in [0, 0.05) is 11.9 Å². The number of benzene rings is 1. The Morgan fingerprint density at radius 3 is 2.41 bits per heavy atom. The molecule has 0 N–H and O–H groups in total. The fourth-order valence-corrected chi connectivity index (χ4v) is 1.80. The second-order valence-corrected chi connectivity index (χ2v) is 4.61. The first-order valence-corrected chi connectivity index (χ1v) is 6.47. The van der Waals surface area contributed by atoms with E-state index in [0.29, 0.717) is 10.7 Å². The predicted molar refractivity (Wildman–Crippen MR) is 77.5 cm³/mol. The van der Waals surface area contributed by atoms with Crippen molar-refractivity contribution in [1.82, 2.24) is 9.78 Å². The molecule has 0 spiro atoms. The number of carbonyl (C=O) groups excluding carboxylic acids is 2. The molecule has 2 aromatic rings. The number of nitrogens with zero attached hydrogens (tertiary/aromatic N) is 2. The van der Waals surface area contributed by atoms with Crippen LogP contribution < -0.4 is 10.3 Å². The van der Waals surface area contributed by atoms with Gasteiger partial charge in [0.25, 0.3) is 5.56 Å². The number of ether oxygens (including phenoxy) is 2. The number of esters is 2. The molecule has 0 amide bonds. The highest BCUT2D eigenvalue weighted by atomic mass is 35.5. The molecule has 114 valence electrons. The van der Waals surface area contributed by atoms with Gasteiger partial charge in [0.15, 0.2) is 5.75 Å². The summed E-state index contributed by atoms with van der Waals surface area (Å²) in [6, 6.07) is 7.26. The van der Waals surface area contributed by atoms with Crippen LogP contribution in [0.4, 0.5) is 0 Å². The summed E-state index contributed by atoms with van der Waals surface area (Å²) in [4.78, 5) is 34.9. The zero-order valence-electron chi connectivity index (χ0n) is 11.7. The number of hydrogen-bond donors (Lipinski definition) is 0. The molecule has 0 aliphatic carbocycles. The average molecular weight is 323 g/mol. The molecule has 1 aromatic carbocycles. The largest absolute Gasteiger partial charge is 0.464 e. The molecule has 0 aliphatic rings. The fraction of sp³-hybridized carbons (Fsp3) is 0.143. The van der Waals surface area contributed by atoms with Crippen LogP contribution in [0.15, 0.2) is 35.1 Å². The van der Waals surface area contributed by atoms with Gasteiger partial charge in [-0.3, -0.25) is 9.59 Å². The molecule has 1 heterocycles. The van der Waals surface area contributed by atoms with Crippen molar-refractivity contribution in [3.63, 3.8) is 0 Å². The smallest absolute Gasteiger partial charge is 0.362 e. The zero-order chi connectivity index (χ0) is 16.3. The number of rotatable bonds is 3. The summed E-state index contributed by atoms with van der Waals surface area (Å²) in [5.41, 5.74) is -0.465. The van der Waals surface area contributed by atoms with Gasteiger partial charge in [-0.25, -0.2) is 4.79 Å². The molecule has 22 heavy (non-hydrogen) atoms. The van der Waals surface area contributed by atoms with E-state index in [1.54, 1.807) is 24.3 Å². The minimum atomic E-state index is -0.834. The molecule has 0 bridgehead atoms. The lowest BCUT2D eigenvalue weighted by molar-refractivity contribution is -0.131. The molecular formula is C14H11ClN2O5. The van der Waals surface area contributed by atoms with Crippen LogP contribution in [0.1, 0.15) is 17.4 Å². The maximum atomic E-state index is 12.1. The Morgan fingerprint density at radius 1 is 1.23 bits per heavy atom. The van der Waals surface area contributed by atoms with E-state index in [1.165, 1.54) is 0 Å². The van der Waals surface area contributed by atoms with Crippen LogP contribution in [0.3, 0.4) is 0 Å². The van der Waals surface area contributed by atoms with Crippen molar-refractivity contribution in [2.24, 2.45) is 0 Å². The Balaban J connectivity index is 2.61. The second-order valence-electron chi connectivity index (χ2n) is 4.17. The molecule has 0 saturated heterocycles.